The van der Waals surface area contributed by atoms with Crippen LogP contribution in [0.5, 0.6) is 0 Å². The monoisotopic (exact) mass is 438 g/mol. The van der Waals surface area contributed by atoms with Crippen molar-refractivity contribution in [2.24, 2.45) is 0 Å². The Kier molecular flexibility index (Phi) is 5.76. The number of carbonyl (C=O) groups is 1. The SMILES string of the molecule is Cc1cc(C)nc(-n2nc(C)cc2NC(=O)CSc2n[nH]c(-c3ccccc3F)n2)n1. The lowest BCUT2D eigenvalue weighted by molar-refractivity contribution is -0.113. The van der Waals surface area contributed by atoms with Gasteiger partial charge in [0.05, 0.1) is 17.0 Å². The Hall–Kier alpha value is -3.60. The van der Waals surface area contributed by atoms with E-state index in [1.165, 1.54) is 10.7 Å². The second-order valence-electron chi connectivity index (χ2n) is 6.82. The molecule has 1 amide bonds. The maximum Gasteiger partial charge on any atom is 0.252 e. The van der Waals surface area contributed by atoms with Crippen LogP contribution in [-0.4, -0.2) is 46.6 Å². The van der Waals surface area contributed by atoms with Crippen molar-refractivity contribution in [1.29, 1.82) is 0 Å². The van der Waals surface area contributed by atoms with E-state index in [0.29, 0.717) is 34.0 Å². The zero-order valence-corrected chi connectivity index (χ0v) is 17.9. The summed E-state index contributed by atoms with van der Waals surface area (Å²) in [5, 5.41) is 14.3. The number of aryl methyl sites for hydroxylation is 3. The molecule has 0 saturated carbocycles. The number of halogens is 1. The lowest BCUT2D eigenvalue weighted by atomic mass is 10.2. The minimum Gasteiger partial charge on any atom is -0.310 e. The number of rotatable bonds is 6. The molecule has 31 heavy (non-hydrogen) atoms. The van der Waals surface area contributed by atoms with Crippen LogP contribution in [0.2, 0.25) is 0 Å². The predicted molar refractivity (Wildman–Crippen MR) is 114 cm³/mol. The van der Waals surface area contributed by atoms with Crippen LogP contribution in [-0.2, 0) is 4.79 Å². The molecule has 0 fully saturated rings. The molecule has 3 aromatic heterocycles. The molecule has 0 spiro atoms. The molecule has 0 radical (unpaired) electrons. The van der Waals surface area contributed by atoms with E-state index in [9.17, 15) is 9.18 Å². The lowest BCUT2D eigenvalue weighted by Crippen LogP contribution is -2.18. The molecular weight excluding hydrogens is 419 g/mol. The first-order valence-corrected chi connectivity index (χ1v) is 10.4. The van der Waals surface area contributed by atoms with Crippen molar-refractivity contribution in [3.05, 3.63) is 59.3 Å². The highest BCUT2D eigenvalue weighted by molar-refractivity contribution is 7.99. The maximum absolute atomic E-state index is 13.9. The predicted octanol–water partition coefficient (Wildman–Crippen LogP) is 3.24. The van der Waals surface area contributed by atoms with E-state index < -0.39 is 5.82 Å². The van der Waals surface area contributed by atoms with Crippen LogP contribution in [0.1, 0.15) is 17.1 Å². The van der Waals surface area contributed by atoms with Gasteiger partial charge in [-0.1, -0.05) is 23.9 Å². The Balaban J connectivity index is 1.44. The molecule has 0 atom stereocenters. The van der Waals surface area contributed by atoms with Gasteiger partial charge in [0.25, 0.3) is 5.95 Å². The average Bonchev–Trinajstić information content (AvgIpc) is 3.32. The van der Waals surface area contributed by atoms with Crippen LogP contribution in [0.15, 0.2) is 41.6 Å². The summed E-state index contributed by atoms with van der Waals surface area (Å²) >= 11 is 1.13. The van der Waals surface area contributed by atoms with Crippen molar-refractivity contribution >= 4 is 23.5 Å². The summed E-state index contributed by atoms with van der Waals surface area (Å²) in [7, 11) is 0. The van der Waals surface area contributed by atoms with Crippen LogP contribution in [0.3, 0.4) is 0 Å². The van der Waals surface area contributed by atoms with Gasteiger partial charge < -0.3 is 5.32 Å². The number of hydrogen-bond donors (Lipinski definition) is 2. The lowest BCUT2D eigenvalue weighted by Gasteiger charge is -2.08. The van der Waals surface area contributed by atoms with Gasteiger partial charge in [-0.3, -0.25) is 9.89 Å². The molecule has 1 aromatic carbocycles. The number of anilines is 1. The first-order valence-electron chi connectivity index (χ1n) is 9.38. The van der Waals surface area contributed by atoms with Crippen molar-refractivity contribution in [1.82, 2.24) is 34.9 Å². The van der Waals surface area contributed by atoms with Gasteiger partial charge in [0.15, 0.2) is 5.82 Å². The molecule has 0 saturated heterocycles. The van der Waals surface area contributed by atoms with Crippen molar-refractivity contribution in [3.63, 3.8) is 0 Å². The van der Waals surface area contributed by atoms with Crippen LogP contribution in [0, 0.1) is 26.6 Å². The first kappa shape index (κ1) is 20.7. The fraction of sp³-hybridized carbons (Fsp3) is 0.200. The van der Waals surface area contributed by atoms with Crippen LogP contribution < -0.4 is 5.32 Å². The largest absolute Gasteiger partial charge is 0.310 e. The van der Waals surface area contributed by atoms with Crippen LogP contribution in [0.25, 0.3) is 17.3 Å². The topological polar surface area (TPSA) is 114 Å². The number of amides is 1. The van der Waals surface area contributed by atoms with E-state index >= 15 is 0 Å². The third-order valence-electron chi connectivity index (χ3n) is 4.19. The van der Waals surface area contributed by atoms with Gasteiger partial charge in [0.2, 0.25) is 11.1 Å². The van der Waals surface area contributed by atoms with Crippen molar-refractivity contribution in [2.45, 2.75) is 25.9 Å². The van der Waals surface area contributed by atoms with Gasteiger partial charge in [-0.25, -0.2) is 19.3 Å². The van der Waals surface area contributed by atoms with Crippen LogP contribution in [0.4, 0.5) is 10.2 Å². The Bertz CT molecular complexity index is 1230. The minimum atomic E-state index is -0.398. The molecule has 0 aliphatic heterocycles. The molecule has 0 aliphatic rings. The van der Waals surface area contributed by atoms with E-state index in [0.717, 1.165) is 23.1 Å². The summed E-state index contributed by atoms with van der Waals surface area (Å²) in [4.78, 5) is 25.5. The normalized spacial score (nSPS) is 11.0. The van der Waals surface area contributed by atoms with Crippen LogP contribution >= 0.6 is 11.8 Å². The fourth-order valence-electron chi connectivity index (χ4n) is 2.94. The Morgan fingerprint density at radius 3 is 2.58 bits per heavy atom. The number of aromatic nitrogens is 7. The van der Waals surface area contributed by atoms with Gasteiger partial charge in [0.1, 0.15) is 11.6 Å². The summed E-state index contributed by atoms with van der Waals surface area (Å²) < 4.78 is 15.4. The van der Waals surface area contributed by atoms with Gasteiger partial charge in [-0.2, -0.15) is 9.78 Å². The van der Waals surface area contributed by atoms with E-state index in [-0.39, 0.29) is 11.7 Å². The van der Waals surface area contributed by atoms with Gasteiger partial charge in [0, 0.05) is 17.5 Å². The van der Waals surface area contributed by atoms with Gasteiger partial charge in [-0.15, -0.1) is 5.10 Å². The van der Waals surface area contributed by atoms with E-state index in [2.05, 4.69) is 35.6 Å². The molecule has 3 heterocycles. The summed E-state index contributed by atoms with van der Waals surface area (Å²) in [5.41, 5.74) is 2.64. The highest BCUT2D eigenvalue weighted by Crippen LogP contribution is 2.22. The Morgan fingerprint density at radius 2 is 1.84 bits per heavy atom. The summed E-state index contributed by atoms with van der Waals surface area (Å²) in [6.45, 7) is 5.56. The molecule has 2 N–H and O–H groups in total. The number of aromatic amines is 1. The zero-order valence-electron chi connectivity index (χ0n) is 17.0. The molecule has 0 bridgehead atoms. The smallest absolute Gasteiger partial charge is 0.252 e. The zero-order chi connectivity index (χ0) is 22.0. The summed E-state index contributed by atoms with van der Waals surface area (Å²) in [5.74, 6) is 0.554. The van der Waals surface area contributed by atoms with E-state index in [1.807, 2.05) is 26.8 Å². The standard InChI is InChI=1S/C20H19FN8OS/c1-11-8-12(2)23-19(22-11)29-16(9-13(3)28-29)24-17(30)10-31-20-25-18(26-27-20)14-6-4-5-7-15(14)21/h4-9H,10H2,1-3H3,(H,24,30)(H,25,26,27). The highest BCUT2D eigenvalue weighted by Gasteiger charge is 2.15. The molecule has 4 rings (SSSR count). The minimum absolute atomic E-state index is 0.0620. The van der Waals surface area contributed by atoms with Crippen molar-refractivity contribution in [3.8, 4) is 17.3 Å². The number of benzene rings is 1. The first-order chi connectivity index (χ1) is 14.9. The molecule has 4 aromatic rings. The Morgan fingerprint density at radius 1 is 1.10 bits per heavy atom. The third kappa shape index (κ3) is 4.77. The quantitative estimate of drug-likeness (QED) is 0.444. The number of H-pyrrole nitrogens is 1. The molecular formula is C20H19FN8OS. The van der Waals surface area contributed by atoms with E-state index in [4.69, 9.17) is 0 Å². The molecule has 11 heteroatoms. The second-order valence-corrected chi connectivity index (χ2v) is 7.76. The molecule has 9 nitrogen and oxygen atoms in total. The summed E-state index contributed by atoms with van der Waals surface area (Å²) in [6.07, 6.45) is 0. The van der Waals surface area contributed by atoms with Gasteiger partial charge in [-0.05, 0) is 39.0 Å². The summed E-state index contributed by atoms with van der Waals surface area (Å²) in [6, 6.07) is 9.88. The average molecular weight is 438 g/mol. The molecule has 158 valence electrons. The highest BCUT2D eigenvalue weighted by atomic mass is 32.2. The number of nitrogens with one attached hydrogen (secondary N) is 2. The molecule has 0 aliphatic carbocycles. The van der Waals surface area contributed by atoms with E-state index in [1.54, 1.807) is 24.3 Å². The maximum atomic E-state index is 13.9. The third-order valence-corrected chi connectivity index (χ3v) is 5.03. The second kappa shape index (κ2) is 8.64. The number of thioether (sulfide) groups is 1. The fourth-order valence-corrected chi connectivity index (χ4v) is 3.54. The molecule has 0 unspecified atom stereocenters. The number of nitrogens with zero attached hydrogens (tertiary/aromatic N) is 6. The van der Waals surface area contributed by atoms with Crippen molar-refractivity contribution < 1.29 is 9.18 Å². The Labute approximate surface area is 181 Å². The van der Waals surface area contributed by atoms with Crippen molar-refractivity contribution in [2.75, 3.05) is 11.1 Å². The van der Waals surface area contributed by atoms with Gasteiger partial charge >= 0.3 is 0 Å². The number of hydrogen-bond acceptors (Lipinski definition) is 7. The number of carbonyl (C=O) groups excluding carboxylic acids is 1.